The van der Waals surface area contributed by atoms with E-state index in [2.05, 4.69) is 18.8 Å². The number of hydrogen-bond acceptors (Lipinski definition) is 3. The molecular weight excluding hydrogens is 228 g/mol. The molecule has 0 radical (unpaired) electrons. The maximum atomic E-state index is 5.78. The van der Waals surface area contributed by atoms with Crippen LogP contribution in [0.15, 0.2) is 12.1 Å². The Bertz CT molecular complexity index is 560. The van der Waals surface area contributed by atoms with Gasteiger partial charge in [-0.1, -0.05) is 6.92 Å². The average Bonchev–Trinajstić information content (AvgIpc) is 2.71. The van der Waals surface area contributed by atoms with E-state index in [1.165, 1.54) is 5.56 Å². The monoisotopic (exact) mass is 248 g/mol. The SMILES string of the molecule is COc1cc2[nH]c(C)c(C(C)CN)c2cc1OC. The molecule has 0 spiro atoms. The van der Waals surface area contributed by atoms with Gasteiger partial charge in [0.1, 0.15) is 0 Å². The standard InChI is InChI=1S/C14H20N2O2/c1-8(7-15)14-9(2)16-11-6-13(18-4)12(17-3)5-10(11)14/h5-6,8,16H,7,15H2,1-4H3. The molecule has 1 aromatic carbocycles. The number of hydrogen-bond donors (Lipinski definition) is 2. The van der Waals surface area contributed by atoms with Crippen LogP contribution in [0, 0.1) is 6.92 Å². The number of nitrogens with two attached hydrogens (primary N) is 1. The van der Waals surface area contributed by atoms with Crippen LogP contribution in [0.3, 0.4) is 0 Å². The Balaban J connectivity index is 2.70. The lowest BCUT2D eigenvalue weighted by atomic mass is 9.98. The molecule has 2 rings (SSSR count). The van der Waals surface area contributed by atoms with E-state index in [0.717, 1.165) is 28.1 Å². The molecule has 0 saturated heterocycles. The second-order valence-corrected chi connectivity index (χ2v) is 4.55. The van der Waals surface area contributed by atoms with Crippen LogP contribution < -0.4 is 15.2 Å². The Kier molecular flexibility index (Phi) is 3.48. The molecule has 0 aliphatic heterocycles. The summed E-state index contributed by atoms with van der Waals surface area (Å²) in [5.41, 5.74) is 9.24. The molecule has 1 atom stereocenters. The van der Waals surface area contributed by atoms with Crippen molar-refractivity contribution in [2.45, 2.75) is 19.8 Å². The number of benzene rings is 1. The maximum Gasteiger partial charge on any atom is 0.162 e. The number of H-pyrrole nitrogens is 1. The Hall–Kier alpha value is -1.68. The van der Waals surface area contributed by atoms with Gasteiger partial charge < -0.3 is 20.2 Å². The first-order valence-electron chi connectivity index (χ1n) is 6.06. The molecule has 2 aromatic rings. The van der Waals surface area contributed by atoms with Gasteiger partial charge in [0.25, 0.3) is 0 Å². The van der Waals surface area contributed by atoms with Crippen molar-refractivity contribution in [3.05, 3.63) is 23.4 Å². The lowest BCUT2D eigenvalue weighted by molar-refractivity contribution is 0.356. The summed E-state index contributed by atoms with van der Waals surface area (Å²) >= 11 is 0. The number of aromatic amines is 1. The van der Waals surface area contributed by atoms with Crippen LogP contribution in [0.2, 0.25) is 0 Å². The average molecular weight is 248 g/mol. The summed E-state index contributed by atoms with van der Waals surface area (Å²) in [7, 11) is 3.29. The van der Waals surface area contributed by atoms with Gasteiger partial charge in [-0.3, -0.25) is 0 Å². The van der Waals surface area contributed by atoms with Crippen LogP contribution in [0.5, 0.6) is 11.5 Å². The third kappa shape index (κ3) is 1.93. The Morgan fingerprint density at radius 2 is 1.83 bits per heavy atom. The first kappa shape index (κ1) is 12.8. The third-order valence-electron chi connectivity index (χ3n) is 3.39. The quantitative estimate of drug-likeness (QED) is 0.874. The fourth-order valence-electron chi connectivity index (χ4n) is 2.43. The lowest BCUT2D eigenvalue weighted by Crippen LogP contribution is -2.09. The third-order valence-corrected chi connectivity index (χ3v) is 3.39. The molecule has 0 fully saturated rings. The van der Waals surface area contributed by atoms with Crippen molar-refractivity contribution in [1.82, 2.24) is 4.98 Å². The minimum atomic E-state index is 0.317. The molecule has 1 unspecified atom stereocenters. The van der Waals surface area contributed by atoms with Gasteiger partial charge in [-0.2, -0.15) is 0 Å². The van der Waals surface area contributed by atoms with Gasteiger partial charge >= 0.3 is 0 Å². The number of ether oxygens (including phenoxy) is 2. The fourth-order valence-corrected chi connectivity index (χ4v) is 2.43. The van der Waals surface area contributed by atoms with Gasteiger partial charge in [-0.15, -0.1) is 0 Å². The van der Waals surface area contributed by atoms with Crippen molar-refractivity contribution >= 4 is 10.9 Å². The zero-order valence-electron chi connectivity index (χ0n) is 11.3. The van der Waals surface area contributed by atoms with Crippen molar-refractivity contribution in [3.63, 3.8) is 0 Å². The molecular formula is C14H20N2O2. The van der Waals surface area contributed by atoms with Gasteiger partial charge in [0.2, 0.25) is 0 Å². The molecule has 4 heteroatoms. The van der Waals surface area contributed by atoms with Crippen molar-refractivity contribution < 1.29 is 9.47 Å². The molecule has 1 heterocycles. The molecule has 0 aliphatic carbocycles. The van der Waals surface area contributed by atoms with E-state index < -0.39 is 0 Å². The van der Waals surface area contributed by atoms with Crippen LogP contribution in [-0.2, 0) is 0 Å². The number of nitrogens with one attached hydrogen (secondary N) is 1. The van der Waals surface area contributed by atoms with Crippen molar-refractivity contribution in [2.75, 3.05) is 20.8 Å². The maximum absolute atomic E-state index is 5.78. The van der Waals surface area contributed by atoms with Gasteiger partial charge in [-0.25, -0.2) is 0 Å². The van der Waals surface area contributed by atoms with Crippen molar-refractivity contribution in [3.8, 4) is 11.5 Å². The van der Waals surface area contributed by atoms with Crippen LogP contribution >= 0.6 is 0 Å². The largest absolute Gasteiger partial charge is 0.493 e. The van der Waals surface area contributed by atoms with E-state index in [9.17, 15) is 0 Å². The van der Waals surface area contributed by atoms with E-state index in [-0.39, 0.29) is 0 Å². The van der Waals surface area contributed by atoms with Gasteiger partial charge in [0.15, 0.2) is 11.5 Å². The fraction of sp³-hybridized carbons (Fsp3) is 0.429. The summed E-state index contributed by atoms with van der Waals surface area (Å²) in [5.74, 6) is 1.80. The molecule has 1 aromatic heterocycles. The number of aromatic nitrogens is 1. The predicted molar refractivity (Wildman–Crippen MR) is 73.6 cm³/mol. The Labute approximate surface area is 107 Å². The molecule has 0 aliphatic rings. The molecule has 3 N–H and O–H groups in total. The summed E-state index contributed by atoms with van der Waals surface area (Å²) in [5, 5.41) is 1.16. The molecule has 4 nitrogen and oxygen atoms in total. The zero-order chi connectivity index (χ0) is 13.3. The first-order chi connectivity index (χ1) is 8.62. The summed E-state index contributed by atoms with van der Waals surface area (Å²) < 4.78 is 10.7. The molecule has 0 amide bonds. The number of rotatable bonds is 4. The normalized spacial score (nSPS) is 12.7. The lowest BCUT2D eigenvalue weighted by Gasteiger charge is -2.11. The zero-order valence-corrected chi connectivity index (χ0v) is 11.3. The highest BCUT2D eigenvalue weighted by atomic mass is 16.5. The molecule has 98 valence electrons. The van der Waals surface area contributed by atoms with E-state index in [0.29, 0.717) is 12.5 Å². The topological polar surface area (TPSA) is 60.3 Å². The van der Waals surface area contributed by atoms with E-state index in [1.54, 1.807) is 14.2 Å². The van der Waals surface area contributed by atoms with Crippen molar-refractivity contribution in [1.29, 1.82) is 0 Å². The van der Waals surface area contributed by atoms with Gasteiger partial charge in [-0.05, 0) is 31.0 Å². The number of fused-ring (bicyclic) bond motifs is 1. The van der Waals surface area contributed by atoms with Gasteiger partial charge in [0.05, 0.1) is 14.2 Å². The summed E-state index contributed by atoms with van der Waals surface area (Å²) in [6.07, 6.45) is 0. The van der Waals surface area contributed by atoms with Crippen molar-refractivity contribution in [2.24, 2.45) is 5.73 Å². The van der Waals surface area contributed by atoms with E-state index in [1.807, 2.05) is 12.1 Å². The molecule has 0 bridgehead atoms. The highest BCUT2D eigenvalue weighted by Gasteiger charge is 2.16. The minimum Gasteiger partial charge on any atom is -0.493 e. The first-order valence-corrected chi connectivity index (χ1v) is 6.06. The summed E-state index contributed by atoms with van der Waals surface area (Å²) in [6.45, 7) is 4.83. The van der Waals surface area contributed by atoms with Crippen LogP contribution in [-0.4, -0.2) is 25.7 Å². The smallest absolute Gasteiger partial charge is 0.162 e. The highest BCUT2D eigenvalue weighted by Crippen LogP contribution is 2.36. The Morgan fingerprint density at radius 3 is 2.39 bits per heavy atom. The number of methoxy groups -OCH3 is 2. The van der Waals surface area contributed by atoms with Crippen LogP contribution in [0.25, 0.3) is 10.9 Å². The summed E-state index contributed by atoms with van der Waals surface area (Å²) in [6, 6.07) is 3.98. The second-order valence-electron chi connectivity index (χ2n) is 4.55. The molecule has 18 heavy (non-hydrogen) atoms. The highest BCUT2D eigenvalue weighted by molar-refractivity contribution is 5.88. The van der Waals surface area contributed by atoms with E-state index >= 15 is 0 Å². The Morgan fingerprint density at radius 1 is 1.22 bits per heavy atom. The molecule has 0 saturated carbocycles. The van der Waals surface area contributed by atoms with Gasteiger partial charge in [0, 0.05) is 22.7 Å². The van der Waals surface area contributed by atoms with Crippen LogP contribution in [0.4, 0.5) is 0 Å². The second kappa shape index (κ2) is 4.90. The minimum absolute atomic E-state index is 0.317. The van der Waals surface area contributed by atoms with E-state index in [4.69, 9.17) is 15.2 Å². The predicted octanol–water partition coefficient (Wildman–Crippen LogP) is 2.56. The summed E-state index contributed by atoms with van der Waals surface area (Å²) in [4.78, 5) is 3.38. The van der Waals surface area contributed by atoms with Crippen LogP contribution in [0.1, 0.15) is 24.1 Å². The number of aryl methyl sites for hydroxylation is 1.